The topological polar surface area (TPSA) is 74.6 Å². The first kappa shape index (κ1) is 18.9. The fourth-order valence-electron chi connectivity index (χ4n) is 2.83. The maximum atomic E-state index is 10.7. The van der Waals surface area contributed by atoms with Crippen molar-refractivity contribution < 1.29 is 19.8 Å². The molecular weight excluding hydrogens is 256 g/mol. The number of carboxylic acids is 2. The van der Waals surface area contributed by atoms with Crippen LogP contribution in [0.5, 0.6) is 0 Å². The first-order chi connectivity index (χ1) is 9.42. The summed E-state index contributed by atoms with van der Waals surface area (Å²) in [6.45, 7) is 6.74. The predicted octanol–water partition coefficient (Wildman–Crippen LogP) is 4.33. The van der Waals surface area contributed by atoms with Gasteiger partial charge < -0.3 is 10.2 Å². The molecule has 0 aliphatic carbocycles. The molecule has 0 aliphatic heterocycles. The van der Waals surface area contributed by atoms with Crippen LogP contribution in [0.3, 0.4) is 0 Å². The highest BCUT2D eigenvalue weighted by Crippen LogP contribution is 2.36. The van der Waals surface area contributed by atoms with Gasteiger partial charge in [-0.3, -0.25) is 9.59 Å². The second-order valence-corrected chi connectivity index (χ2v) is 5.74. The molecule has 0 amide bonds. The smallest absolute Gasteiger partial charge is 0.317 e. The minimum absolute atomic E-state index is 0.241. The van der Waals surface area contributed by atoms with Gasteiger partial charge in [0.1, 0.15) is 0 Å². The van der Waals surface area contributed by atoms with Gasteiger partial charge in [-0.1, -0.05) is 65.7 Å². The summed E-state index contributed by atoms with van der Waals surface area (Å²) in [6.07, 6.45) is 8.90. The Hall–Kier alpha value is -1.06. The summed E-state index contributed by atoms with van der Waals surface area (Å²) in [5, 5.41) is 17.5. The van der Waals surface area contributed by atoms with Gasteiger partial charge in [0.05, 0.1) is 0 Å². The molecule has 4 heteroatoms. The third kappa shape index (κ3) is 6.40. The summed E-state index contributed by atoms with van der Waals surface area (Å²) in [4.78, 5) is 21.5. The summed E-state index contributed by atoms with van der Waals surface area (Å²) >= 11 is 0. The number of aliphatic carboxylic acids is 2. The zero-order valence-electron chi connectivity index (χ0n) is 13.2. The van der Waals surface area contributed by atoms with Gasteiger partial charge in [0, 0.05) is 0 Å². The van der Waals surface area contributed by atoms with Crippen molar-refractivity contribution in [3.63, 3.8) is 0 Å². The molecule has 0 aromatic heterocycles. The molecule has 0 spiro atoms. The number of hydrogen-bond acceptors (Lipinski definition) is 2. The highest BCUT2D eigenvalue weighted by atomic mass is 16.4. The number of unbranched alkanes of at least 4 members (excludes halogenated alkanes) is 3. The highest BCUT2D eigenvalue weighted by Gasteiger charge is 2.25. The monoisotopic (exact) mass is 286 g/mol. The van der Waals surface area contributed by atoms with E-state index in [1.165, 1.54) is 25.7 Å². The Balaban J connectivity index is 3.87. The maximum absolute atomic E-state index is 10.7. The van der Waals surface area contributed by atoms with E-state index >= 15 is 0 Å². The van der Waals surface area contributed by atoms with Crippen molar-refractivity contribution in [2.75, 3.05) is 0 Å². The quantitative estimate of drug-likeness (QED) is 0.413. The molecule has 0 fully saturated rings. The molecule has 118 valence electrons. The Morgan fingerprint density at radius 2 is 1.30 bits per heavy atom. The lowest BCUT2D eigenvalue weighted by Crippen LogP contribution is -2.23. The molecule has 0 aliphatic rings. The van der Waals surface area contributed by atoms with Crippen molar-refractivity contribution in [2.24, 2.45) is 11.3 Å². The lowest BCUT2D eigenvalue weighted by Gasteiger charge is -2.30. The standard InChI is InChI=1S/C16H30O4/c1-4-16(5-2,6-3)12-10-8-7-9-11-13(14(17)18)15(19)20/h13H,4-12H2,1-3H3,(H,17,18)(H,19,20). The lowest BCUT2D eigenvalue weighted by molar-refractivity contribution is -0.154. The number of hydrogen-bond donors (Lipinski definition) is 2. The third-order valence-corrected chi connectivity index (χ3v) is 4.80. The molecule has 0 saturated carbocycles. The van der Waals surface area contributed by atoms with E-state index in [2.05, 4.69) is 20.8 Å². The molecule has 2 N–H and O–H groups in total. The van der Waals surface area contributed by atoms with Crippen LogP contribution < -0.4 is 0 Å². The van der Waals surface area contributed by atoms with Crippen LogP contribution in [0, 0.1) is 11.3 Å². The summed E-state index contributed by atoms with van der Waals surface area (Å²) in [5.41, 5.74) is 0.463. The van der Waals surface area contributed by atoms with Gasteiger partial charge in [-0.2, -0.15) is 0 Å². The SMILES string of the molecule is CCC(CC)(CC)CCCCCCC(C(=O)O)C(=O)O. The molecular formula is C16H30O4. The molecule has 0 atom stereocenters. The Kier molecular flexibility index (Phi) is 9.26. The first-order valence-electron chi connectivity index (χ1n) is 7.88. The normalized spacial score (nSPS) is 11.8. The molecule has 0 unspecified atom stereocenters. The van der Waals surface area contributed by atoms with Crippen molar-refractivity contribution in [3.05, 3.63) is 0 Å². The Labute approximate surface area is 122 Å². The van der Waals surface area contributed by atoms with Gasteiger partial charge >= 0.3 is 11.9 Å². The number of rotatable bonds is 12. The molecule has 4 nitrogen and oxygen atoms in total. The fourth-order valence-corrected chi connectivity index (χ4v) is 2.83. The van der Waals surface area contributed by atoms with Crippen LogP contribution in [0.15, 0.2) is 0 Å². The van der Waals surface area contributed by atoms with Crippen molar-refractivity contribution >= 4 is 11.9 Å². The average Bonchev–Trinajstić information content (AvgIpc) is 2.42. The minimum atomic E-state index is -1.24. The van der Waals surface area contributed by atoms with Gasteiger partial charge in [0.25, 0.3) is 0 Å². The molecule has 0 aromatic carbocycles. The van der Waals surface area contributed by atoms with E-state index in [1.54, 1.807) is 0 Å². The zero-order valence-corrected chi connectivity index (χ0v) is 13.2. The van der Waals surface area contributed by atoms with Crippen molar-refractivity contribution in [1.82, 2.24) is 0 Å². The minimum Gasteiger partial charge on any atom is -0.481 e. The van der Waals surface area contributed by atoms with Crippen LogP contribution in [-0.2, 0) is 9.59 Å². The second-order valence-electron chi connectivity index (χ2n) is 5.74. The maximum Gasteiger partial charge on any atom is 0.317 e. The predicted molar refractivity (Wildman–Crippen MR) is 79.8 cm³/mol. The average molecular weight is 286 g/mol. The van der Waals surface area contributed by atoms with Crippen LogP contribution in [0.2, 0.25) is 0 Å². The second kappa shape index (κ2) is 9.78. The van der Waals surface area contributed by atoms with Gasteiger partial charge in [-0.15, -0.1) is 0 Å². The lowest BCUT2D eigenvalue weighted by atomic mass is 9.75. The van der Waals surface area contributed by atoms with Crippen molar-refractivity contribution in [3.8, 4) is 0 Å². The summed E-state index contributed by atoms with van der Waals surface area (Å²) in [7, 11) is 0. The van der Waals surface area contributed by atoms with Gasteiger partial charge in [-0.25, -0.2) is 0 Å². The van der Waals surface area contributed by atoms with Crippen LogP contribution in [0.25, 0.3) is 0 Å². The van der Waals surface area contributed by atoms with E-state index in [4.69, 9.17) is 10.2 Å². The van der Waals surface area contributed by atoms with Gasteiger partial charge in [-0.05, 0) is 18.3 Å². The molecule has 0 saturated heterocycles. The summed E-state index contributed by atoms with van der Waals surface area (Å²) in [6, 6.07) is 0. The third-order valence-electron chi connectivity index (χ3n) is 4.80. The Bertz CT molecular complexity index is 273. The fraction of sp³-hybridized carbons (Fsp3) is 0.875. The Morgan fingerprint density at radius 3 is 1.70 bits per heavy atom. The van der Waals surface area contributed by atoms with Crippen LogP contribution >= 0.6 is 0 Å². The number of carbonyl (C=O) groups is 2. The molecule has 0 aromatic rings. The van der Waals surface area contributed by atoms with Crippen LogP contribution in [0.1, 0.15) is 78.6 Å². The summed E-state index contributed by atoms with van der Waals surface area (Å²) < 4.78 is 0. The molecule has 20 heavy (non-hydrogen) atoms. The molecule has 0 bridgehead atoms. The summed E-state index contributed by atoms with van der Waals surface area (Å²) in [5.74, 6) is -3.69. The van der Waals surface area contributed by atoms with Crippen LogP contribution in [0.4, 0.5) is 0 Å². The van der Waals surface area contributed by atoms with E-state index in [9.17, 15) is 9.59 Å². The van der Waals surface area contributed by atoms with E-state index in [0.717, 1.165) is 19.3 Å². The highest BCUT2D eigenvalue weighted by molar-refractivity contribution is 5.92. The van der Waals surface area contributed by atoms with E-state index in [0.29, 0.717) is 11.8 Å². The molecule has 0 radical (unpaired) electrons. The molecule has 0 heterocycles. The largest absolute Gasteiger partial charge is 0.481 e. The van der Waals surface area contributed by atoms with Gasteiger partial charge in [0.15, 0.2) is 5.92 Å². The van der Waals surface area contributed by atoms with E-state index in [-0.39, 0.29) is 6.42 Å². The molecule has 0 rings (SSSR count). The Morgan fingerprint density at radius 1 is 0.850 bits per heavy atom. The number of carboxylic acid groups (broad SMARTS) is 2. The van der Waals surface area contributed by atoms with Crippen molar-refractivity contribution in [2.45, 2.75) is 78.6 Å². The van der Waals surface area contributed by atoms with Gasteiger partial charge in [0.2, 0.25) is 0 Å². The van der Waals surface area contributed by atoms with Crippen LogP contribution in [-0.4, -0.2) is 22.2 Å². The van der Waals surface area contributed by atoms with Crippen molar-refractivity contribution in [1.29, 1.82) is 0 Å². The zero-order chi connectivity index (χ0) is 15.6. The van der Waals surface area contributed by atoms with E-state index < -0.39 is 17.9 Å². The first-order valence-corrected chi connectivity index (χ1v) is 7.88. The van der Waals surface area contributed by atoms with E-state index in [1.807, 2.05) is 0 Å².